The molecule has 0 amide bonds. The number of thioether (sulfide) groups is 1. The molecule has 88 valence electrons. The molecule has 16 heavy (non-hydrogen) atoms. The van der Waals surface area contributed by atoms with Gasteiger partial charge in [-0.2, -0.15) is 11.8 Å². The minimum absolute atomic E-state index is 0.102. The third-order valence-corrected chi connectivity index (χ3v) is 4.18. The van der Waals surface area contributed by atoms with Gasteiger partial charge in [0.15, 0.2) is 0 Å². The highest BCUT2D eigenvalue weighted by Gasteiger charge is 2.20. The summed E-state index contributed by atoms with van der Waals surface area (Å²) in [6, 6.07) is 1.98. The molecule has 5 heteroatoms. The van der Waals surface area contributed by atoms with Crippen molar-refractivity contribution in [1.29, 1.82) is 0 Å². The third kappa shape index (κ3) is 3.01. The number of nitrogens with zero attached hydrogens (tertiary/aromatic N) is 1. The van der Waals surface area contributed by atoms with Crippen molar-refractivity contribution >= 4 is 17.6 Å². The number of aromatic amines is 1. The largest absolute Gasteiger partial charge is 0.367 e. The van der Waals surface area contributed by atoms with E-state index in [2.05, 4.69) is 21.5 Å². The topological polar surface area (TPSA) is 57.8 Å². The summed E-state index contributed by atoms with van der Waals surface area (Å²) in [7, 11) is 0. The fraction of sp³-hybridized carbons (Fsp3) is 0.636. The van der Waals surface area contributed by atoms with Crippen LogP contribution in [0.5, 0.6) is 0 Å². The van der Waals surface area contributed by atoms with Crippen LogP contribution in [0.1, 0.15) is 25.7 Å². The number of rotatable bonds is 3. The van der Waals surface area contributed by atoms with E-state index in [1.54, 1.807) is 0 Å². The summed E-state index contributed by atoms with van der Waals surface area (Å²) in [5.74, 6) is 0.691. The first-order valence-electron chi connectivity index (χ1n) is 5.62. The number of hydrogen-bond acceptors (Lipinski definition) is 4. The van der Waals surface area contributed by atoms with Crippen LogP contribution in [-0.4, -0.2) is 27.5 Å². The molecule has 0 atom stereocenters. The van der Waals surface area contributed by atoms with Gasteiger partial charge in [0.1, 0.15) is 5.82 Å². The molecule has 0 aromatic carbocycles. The Morgan fingerprint density at radius 1 is 1.44 bits per heavy atom. The average Bonchev–Trinajstić information content (AvgIpc) is 2.30. The van der Waals surface area contributed by atoms with Gasteiger partial charge < -0.3 is 10.3 Å². The van der Waals surface area contributed by atoms with E-state index in [-0.39, 0.29) is 5.56 Å². The van der Waals surface area contributed by atoms with Crippen LogP contribution < -0.4 is 10.9 Å². The lowest BCUT2D eigenvalue weighted by molar-refractivity contribution is 0.472. The zero-order valence-corrected chi connectivity index (χ0v) is 10.2. The van der Waals surface area contributed by atoms with Gasteiger partial charge in [0.25, 0.3) is 5.56 Å². The lowest BCUT2D eigenvalue weighted by Crippen LogP contribution is -2.28. The maximum atomic E-state index is 11.1. The predicted molar refractivity (Wildman–Crippen MR) is 68.0 cm³/mol. The van der Waals surface area contributed by atoms with Crippen LogP contribution in [0.3, 0.4) is 0 Å². The molecule has 0 saturated heterocycles. The number of anilines is 1. The Hall–Kier alpha value is -0.970. The molecule has 1 aliphatic carbocycles. The van der Waals surface area contributed by atoms with Crippen molar-refractivity contribution in [2.75, 3.05) is 11.6 Å². The smallest absolute Gasteiger partial charge is 0.252 e. The second-order valence-corrected chi connectivity index (χ2v) is 5.29. The molecular formula is C11H17N3OS. The van der Waals surface area contributed by atoms with Crippen LogP contribution in [0.4, 0.5) is 5.82 Å². The second kappa shape index (κ2) is 5.39. The first kappa shape index (κ1) is 11.5. The maximum Gasteiger partial charge on any atom is 0.252 e. The monoisotopic (exact) mass is 239 g/mol. The molecule has 1 fully saturated rings. The van der Waals surface area contributed by atoms with Gasteiger partial charge in [0.05, 0.1) is 6.33 Å². The van der Waals surface area contributed by atoms with E-state index in [9.17, 15) is 4.79 Å². The van der Waals surface area contributed by atoms with Crippen LogP contribution in [0.2, 0.25) is 0 Å². The van der Waals surface area contributed by atoms with Gasteiger partial charge in [-0.3, -0.25) is 4.79 Å². The first-order valence-corrected chi connectivity index (χ1v) is 6.91. The molecule has 1 aliphatic rings. The quantitative estimate of drug-likeness (QED) is 0.845. The van der Waals surface area contributed by atoms with E-state index in [4.69, 9.17) is 0 Å². The molecule has 2 rings (SSSR count). The Morgan fingerprint density at radius 3 is 2.81 bits per heavy atom. The lowest BCUT2D eigenvalue weighted by atomic mass is 9.95. The number of H-pyrrole nitrogens is 1. The van der Waals surface area contributed by atoms with Crippen LogP contribution in [0, 0.1) is 0 Å². The van der Waals surface area contributed by atoms with E-state index in [0.717, 1.165) is 5.25 Å². The van der Waals surface area contributed by atoms with Crippen LogP contribution in [0.15, 0.2) is 17.2 Å². The number of aromatic nitrogens is 2. The van der Waals surface area contributed by atoms with Crippen molar-refractivity contribution in [2.45, 2.75) is 37.0 Å². The standard InChI is InChI=1S/C11H17N3OS/c1-16-9-4-2-8(3-5-9)14-10-6-11(15)13-7-12-10/h6-9H,2-5H2,1H3,(H2,12,13,14,15). The molecule has 4 nitrogen and oxygen atoms in total. The van der Waals surface area contributed by atoms with Gasteiger partial charge in [-0.25, -0.2) is 4.98 Å². The normalized spacial score (nSPS) is 25.3. The second-order valence-electron chi connectivity index (χ2n) is 4.15. The molecule has 1 heterocycles. The van der Waals surface area contributed by atoms with Crippen molar-refractivity contribution in [2.24, 2.45) is 0 Å². The summed E-state index contributed by atoms with van der Waals surface area (Å²) >= 11 is 1.96. The summed E-state index contributed by atoms with van der Waals surface area (Å²) in [4.78, 5) is 17.7. The highest BCUT2D eigenvalue weighted by Crippen LogP contribution is 2.28. The molecule has 1 aromatic rings. The zero-order valence-electron chi connectivity index (χ0n) is 9.40. The maximum absolute atomic E-state index is 11.1. The van der Waals surface area contributed by atoms with E-state index in [1.165, 1.54) is 38.1 Å². The van der Waals surface area contributed by atoms with Crippen molar-refractivity contribution in [3.05, 3.63) is 22.7 Å². The fourth-order valence-corrected chi connectivity index (χ4v) is 2.84. The fourth-order valence-electron chi connectivity index (χ4n) is 2.10. The minimum Gasteiger partial charge on any atom is -0.367 e. The highest BCUT2D eigenvalue weighted by molar-refractivity contribution is 7.99. The Morgan fingerprint density at radius 2 is 2.19 bits per heavy atom. The van der Waals surface area contributed by atoms with Crippen molar-refractivity contribution in [1.82, 2.24) is 9.97 Å². The molecule has 1 aromatic heterocycles. The lowest BCUT2D eigenvalue weighted by Gasteiger charge is -2.28. The molecule has 1 saturated carbocycles. The van der Waals surface area contributed by atoms with Crippen molar-refractivity contribution in [3.8, 4) is 0 Å². The van der Waals surface area contributed by atoms with E-state index in [0.29, 0.717) is 11.9 Å². The number of hydrogen-bond donors (Lipinski definition) is 2. The van der Waals surface area contributed by atoms with Gasteiger partial charge in [-0.05, 0) is 31.9 Å². The third-order valence-electron chi connectivity index (χ3n) is 3.04. The molecule has 0 unspecified atom stereocenters. The Bertz CT molecular complexity index is 385. The summed E-state index contributed by atoms with van der Waals surface area (Å²) in [5, 5.41) is 4.14. The summed E-state index contributed by atoms with van der Waals surface area (Å²) < 4.78 is 0. The van der Waals surface area contributed by atoms with Gasteiger partial charge in [0.2, 0.25) is 0 Å². The van der Waals surface area contributed by atoms with Gasteiger partial charge >= 0.3 is 0 Å². The summed E-state index contributed by atoms with van der Waals surface area (Å²) in [5.41, 5.74) is -0.102. The Balaban J connectivity index is 1.89. The first-order chi connectivity index (χ1) is 7.78. The average molecular weight is 239 g/mol. The van der Waals surface area contributed by atoms with Crippen molar-refractivity contribution in [3.63, 3.8) is 0 Å². The van der Waals surface area contributed by atoms with Gasteiger partial charge in [-0.15, -0.1) is 0 Å². The van der Waals surface area contributed by atoms with E-state index in [1.807, 2.05) is 11.8 Å². The molecule has 2 N–H and O–H groups in total. The summed E-state index contributed by atoms with van der Waals surface area (Å²) in [6.07, 6.45) is 8.46. The van der Waals surface area contributed by atoms with Crippen LogP contribution >= 0.6 is 11.8 Å². The molecule has 0 spiro atoms. The van der Waals surface area contributed by atoms with Crippen LogP contribution in [-0.2, 0) is 0 Å². The van der Waals surface area contributed by atoms with Gasteiger partial charge in [0, 0.05) is 17.4 Å². The zero-order chi connectivity index (χ0) is 11.4. The minimum atomic E-state index is -0.102. The summed E-state index contributed by atoms with van der Waals surface area (Å²) in [6.45, 7) is 0. The Kier molecular flexibility index (Phi) is 3.88. The van der Waals surface area contributed by atoms with Crippen molar-refractivity contribution < 1.29 is 0 Å². The van der Waals surface area contributed by atoms with E-state index < -0.39 is 0 Å². The number of nitrogens with one attached hydrogen (secondary N) is 2. The van der Waals surface area contributed by atoms with E-state index >= 15 is 0 Å². The molecule has 0 radical (unpaired) electrons. The van der Waals surface area contributed by atoms with Gasteiger partial charge in [-0.1, -0.05) is 0 Å². The SMILES string of the molecule is CSC1CCC(Nc2cc(=O)[nH]cn2)CC1. The van der Waals surface area contributed by atoms with Crippen LogP contribution in [0.25, 0.3) is 0 Å². The molecule has 0 bridgehead atoms. The Labute approximate surface area is 99.3 Å². The molecular weight excluding hydrogens is 222 g/mol. The molecule has 0 aliphatic heterocycles. The highest BCUT2D eigenvalue weighted by atomic mass is 32.2. The predicted octanol–water partition coefficient (Wildman–Crippen LogP) is 1.86.